The number of hydrogen-bond acceptors (Lipinski definition) is 9. The Bertz CT molecular complexity index is 2010. The lowest BCUT2D eigenvalue weighted by Gasteiger charge is -2.39. The number of nitro groups is 1. The molecular formula is C47H63ClN2O7S2. The average Bonchev–Trinajstić information content (AvgIpc) is 3.31. The number of hydrogen-bond donors (Lipinski definition) is 2. The van der Waals surface area contributed by atoms with Crippen molar-refractivity contribution in [2.45, 2.75) is 102 Å². The van der Waals surface area contributed by atoms with Crippen molar-refractivity contribution < 1.29 is 28.0 Å². The van der Waals surface area contributed by atoms with Gasteiger partial charge in [-0.15, -0.1) is 0 Å². The molecule has 1 N–H and O–H groups in total. The fourth-order valence-corrected chi connectivity index (χ4v) is 10.1. The van der Waals surface area contributed by atoms with Gasteiger partial charge < -0.3 is 19.5 Å². The maximum atomic E-state index is 13.5. The monoisotopic (exact) mass is 866 g/mol. The minimum Gasteiger partial charge on any atom is -0.392 e. The molecular weight excluding hydrogens is 804 g/mol. The van der Waals surface area contributed by atoms with Crippen LogP contribution in [-0.4, -0.2) is 63.2 Å². The van der Waals surface area contributed by atoms with E-state index >= 15 is 0 Å². The Hall–Kier alpha value is -3.74. The lowest BCUT2D eigenvalue weighted by molar-refractivity contribution is -0.384. The van der Waals surface area contributed by atoms with Crippen LogP contribution in [0.15, 0.2) is 102 Å². The first-order valence-corrected chi connectivity index (χ1v) is 23.2. The molecule has 0 aliphatic carbocycles. The highest BCUT2D eigenvalue weighted by Gasteiger charge is 2.49. The van der Waals surface area contributed by atoms with Crippen LogP contribution in [0.3, 0.4) is 0 Å². The van der Waals surface area contributed by atoms with Gasteiger partial charge in [0.2, 0.25) is 0 Å². The fourth-order valence-electron chi connectivity index (χ4n) is 7.60. The average molecular weight is 868 g/mol. The number of nitro benzene ring substituents is 1. The summed E-state index contributed by atoms with van der Waals surface area (Å²) < 4.78 is 32.2. The summed E-state index contributed by atoms with van der Waals surface area (Å²) in [5, 5.41) is 23.0. The first-order valence-electron chi connectivity index (χ1n) is 20.6. The number of halogens is 1. The van der Waals surface area contributed by atoms with Gasteiger partial charge in [0.15, 0.2) is 9.84 Å². The standard InChI is InChI=1S/C24H33NO3S.C13H10ClNO2.C10H20O2S/c1-5-7-15-24(6-2)17-29(27,28)21-14-13-19(25(3)4)16-20(21)22(23(24)26)18-11-9-8-10-12-18;14-13-7-6-12(15(16)17)9-11(13)8-10-4-2-1-3-5-10;1-3-5-6-10(4-2,7-11)8-12-9-13/h8-14,16,22-23,26H,5-7,15,17H2,1-4H3;1-7,9H,8H2;7,13H,3-6,8-9H2,1-2H3/t22-,23-,24-;;/m1../s1. The Labute approximate surface area is 363 Å². The number of thiol groups is 1. The lowest BCUT2D eigenvalue weighted by atomic mass is 9.69. The van der Waals surface area contributed by atoms with E-state index in [2.05, 4.69) is 26.5 Å². The minimum absolute atomic E-state index is 0.00465. The number of ether oxygens (including phenoxy) is 1. The molecule has 1 aliphatic rings. The number of benzene rings is 4. The third-order valence-corrected chi connectivity index (χ3v) is 14.0. The molecule has 4 aromatic carbocycles. The summed E-state index contributed by atoms with van der Waals surface area (Å²) in [5.74, 6) is 0.0111. The van der Waals surface area contributed by atoms with E-state index < -0.39 is 26.3 Å². The summed E-state index contributed by atoms with van der Waals surface area (Å²) >= 11 is 9.99. The van der Waals surface area contributed by atoms with Gasteiger partial charge in [-0.1, -0.05) is 126 Å². The SMILES string of the molecule is CCCCC(C=O)(CC)COCS.CCCC[C@]1(CC)CS(=O)(=O)c2ccc(N(C)C)cc2[C@@H](c2ccccc2)[C@H]1O.O=[N+]([O-])c1ccc(Cl)c(Cc2ccccc2)c1. The number of carbonyl (C=O) groups excluding carboxylic acids is 1. The molecule has 0 radical (unpaired) electrons. The number of non-ortho nitro benzene ring substituents is 1. The van der Waals surface area contributed by atoms with E-state index in [-0.39, 0.29) is 22.8 Å². The van der Waals surface area contributed by atoms with Crippen LogP contribution in [0.2, 0.25) is 5.02 Å². The van der Waals surface area contributed by atoms with E-state index in [1.165, 1.54) is 12.1 Å². The third kappa shape index (κ3) is 13.6. The van der Waals surface area contributed by atoms with Crippen LogP contribution in [0, 0.1) is 20.9 Å². The molecule has 1 unspecified atom stereocenters. The number of rotatable bonds is 17. The van der Waals surface area contributed by atoms with Gasteiger partial charge in [-0.3, -0.25) is 10.1 Å². The van der Waals surface area contributed by atoms with Gasteiger partial charge in [0.1, 0.15) is 6.29 Å². The highest BCUT2D eigenvalue weighted by Crippen LogP contribution is 2.49. The lowest BCUT2D eigenvalue weighted by Crippen LogP contribution is -2.42. The van der Waals surface area contributed by atoms with Crippen molar-refractivity contribution >= 4 is 51.7 Å². The molecule has 1 heterocycles. The van der Waals surface area contributed by atoms with Crippen LogP contribution < -0.4 is 4.90 Å². The number of sulfone groups is 1. The number of carbonyl (C=O) groups is 1. The van der Waals surface area contributed by atoms with E-state index in [4.69, 9.17) is 16.3 Å². The molecule has 322 valence electrons. The van der Waals surface area contributed by atoms with Crippen LogP contribution in [-0.2, 0) is 25.8 Å². The summed E-state index contributed by atoms with van der Waals surface area (Å²) in [7, 11) is 0.362. The molecule has 59 heavy (non-hydrogen) atoms. The Morgan fingerprint density at radius 2 is 1.61 bits per heavy atom. The van der Waals surface area contributed by atoms with E-state index in [0.717, 1.165) is 67.2 Å². The summed E-state index contributed by atoms with van der Waals surface area (Å²) in [4.78, 5) is 23.6. The van der Waals surface area contributed by atoms with Crippen molar-refractivity contribution in [1.29, 1.82) is 0 Å². The van der Waals surface area contributed by atoms with E-state index in [9.17, 15) is 28.4 Å². The number of nitrogens with zero attached hydrogens (tertiary/aromatic N) is 2. The predicted octanol–water partition coefficient (Wildman–Crippen LogP) is 11.1. The Morgan fingerprint density at radius 3 is 2.15 bits per heavy atom. The smallest absolute Gasteiger partial charge is 0.269 e. The molecule has 1 aliphatic heterocycles. The second-order valence-corrected chi connectivity index (χ2v) is 18.3. The first kappa shape index (κ1) is 49.6. The first-order chi connectivity index (χ1) is 28.2. The molecule has 4 atom stereocenters. The molecule has 0 saturated heterocycles. The van der Waals surface area contributed by atoms with Gasteiger partial charge in [-0.05, 0) is 78.6 Å². The number of fused-ring (bicyclic) bond motifs is 1. The summed E-state index contributed by atoms with van der Waals surface area (Å²) in [6.07, 6.45) is 8.08. The fraction of sp³-hybridized carbons (Fsp3) is 0.468. The summed E-state index contributed by atoms with van der Waals surface area (Å²) in [6, 6.07) is 29.6. The second kappa shape index (κ2) is 23.9. The van der Waals surface area contributed by atoms with Crippen molar-refractivity contribution in [3.63, 3.8) is 0 Å². The number of aliphatic hydroxyl groups excluding tert-OH is 1. The van der Waals surface area contributed by atoms with Gasteiger partial charge in [-0.2, -0.15) is 12.6 Å². The highest BCUT2D eigenvalue weighted by atomic mass is 35.5. The quantitative estimate of drug-likeness (QED) is 0.0353. The molecule has 9 nitrogen and oxygen atoms in total. The van der Waals surface area contributed by atoms with Crippen molar-refractivity contribution in [1.82, 2.24) is 0 Å². The number of unbranched alkanes of at least 4 members (excludes halogenated alkanes) is 2. The van der Waals surface area contributed by atoms with Crippen molar-refractivity contribution in [3.8, 4) is 0 Å². The highest BCUT2D eigenvalue weighted by molar-refractivity contribution is 7.91. The molecule has 4 aromatic rings. The topological polar surface area (TPSA) is 127 Å². The van der Waals surface area contributed by atoms with Gasteiger partial charge >= 0.3 is 0 Å². The van der Waals surface area contributed by atoms with Crippen molar-refractivity contribution in [2.24, 2.45) is 10.8 Å². The maximum absolute atomic E-state index is 13.5. The second-order valence-electron chi connectivity index (χ2n) is 15.6. The van der Waals surface area contributed by atoms with Crippen molar-refractivity contribution in [3.05, 3.63) is 134 Å². The Kier molecular flexibility index (Phi) is 20.1. The molecule has 5 rings (SSSR count). The Morgan fingerprint density at radius 1 is 0.966 bits per heavy atom. The molecule has 0 bridgehead atoms. The third-order valence-electron chi connectivity index (χ3n) is 11.4. The van der Waals surface area contributed by atoms with Gasteiger partial charge in [0.05, 0.1) is 34.2 Å². The number of aliphatic hydroxyl groups is 1. The summed E-state index contributed by atoms with van der Waals surface area (Å²) in [6.45, 7) is 8.79. The molecule has 0 amide bonds. The normalized spacial score (nSPS) is 19.0. The van der Waals surface area contributed by atoms with Crippen LogP contribution in [0.5, 0.6) is 0 Å². The van der Waals surface area contributed by atoms with Crippen LogP contribution in [0.1, 0.15) is 107 Å². The Balaban J connectivity index is 0.000000263. The van der Waals surface area contributed by atoms with E-state index in [1.807, 2.05) is 106 Å². The molecule has 0 spiro atoms. The largest absolute Gasteiger partial charge is 0.392 e. The zero-order valence-electron chi connectivity index (χ0n) is 35.5. The molecule has 12 heteroatoms. The zero-order chi connectivity index (χ0) is 43.6. The predicted molar refractivity (Wildman–Crippen MR) is 245 cm³/mol. The van der Waals surface area contributed by atoms with Crippen LogP contribution >= 0.6 is 24.2 Å². The maximum Gasteiger partial charge on any atom is 0.269 e. The van der Waals surface area contributed by atoms with Crippen LogP contribution in [0.4, 0.5) is 11.4 Å². The molecule has 0 aromatic heterocycles. The van der Waals surface area contributed by atoms with E-state index in [0.29, 0.717) is 47.3 Å². The van der Waals surface area contributed by atoms with Gasteiger partial charge in [0, 0.05) is 53.7 Å². The number of aldehydes is 1. The van der Waals surface area contributed by atoms with Gasteiger partial charge in [-0.25, -0.2) is 8.42 Å². The molecule has 0 fully saturated rings. The number of anilines is 1. The van der Waals surface area contributed by atoms with Gasteiger partial charge in [0.25, 0.3) is 5.69 Å². The summed E-state index contributed by atoms with van der Waals surface area (Å²) in [5.41, 5.74) is 3.60. The zero-order valence-corrected chi connectivity index (χ0v) is 37.9. The van der Waals surface area contributed by atoms with E-state index in [1.54, 1.807) is 12.1 Å². The molecule has 0 saturated carbocycles. The van der Waals surface area contributed by atoms with Crippen LogP contribution in [0.25, 0.3) is 0 Å². The van der Waals surface area contributed by atoms with Crippen molar-refractivity contribution in [2.75, 3.05) is 37.3 Å². The minimum atomic E-state index is -3.52.